The van der Waals surface area contributed by atoms with Crippen LogP contribution < -0.4 is 20.3 Å². The van der Waals surface area contributed by atoms with E-state index in [1.807, 2.05) is 18.2 Å². The van der Waals surface area contributed by atoms with Crippen molar-refractivity contribution in [1.29, 1.82) is 0 Å². The molecule has 0 aliphatic heterocycles. The lowest BCUT2D eigenvalue weighted by atomic mass is 9.99. The Morgan fingerprint density at radius 2 is 1.48 bits per heavy atom. The highest BCUT2D eigenvalue weighted by molar-refractivity contribution is 7.92. The van der Waals surface area contributed by atoms with Gasteiger partial charge in [-0.15, -0.1) is 10.2 Å². The fraction of sp³-hybridized carbons (Fsp3) is 0.258. The summed E-state index contributed by atoms with van der Waals surface area (Å²) in [6, 6.07) is 19.4. The lowest BCUT2D eigenvalue weighted by molar-refractivity contribution is -0.138. The van der Waals surface area contributed by atoms with Crippen molar-refractivity contribution in [1.82, 2.24) is 20.8 Å². The van der Waals surface area contributed by atoms with Crippen LogP contribution in [-0.2, 0) is 27.4 Å². The maximum atomic E-state index is 13.7. The third kappa shape index (κ3) is 9.36. The van der Waals surface area contributed by atoms with Crippen LogP contribution in [0.5, 0.6) is 0 Å². The number of halogens is 3. The van der Waals surface area contributed by atoms with Crippen LogP contribution in [0.3, 0.4) is 0 Å². The fourth-order valence-corrected chi connectivity index (χ4v) is 5.57. The minimum atomic E-state index is -4.79. The van der Waals surface area contributed by atoms with Crippen molar-refractivity contribution >= 4 is 49.9 Å². The maximum absolute atomic E-state index is 13.7. The number of benzene rings is 3. The largest absolute Gasteiger partial charge is 0.445 e. The van der Waals surface area contributed by atoms with Crippen LogP contribution in [0, 0.1) is 0 Å². The Bertz CT molecular complexity index is 1870. The first-order valence-corrected chi connectivity index (χ1v) is 16.9. The van der Waals surface area contributed by atoms with Gasteiger partial charge in [0.1, 0.15) is 0 Å². The van der Waals surface area contributed by atoms with Gasteiger partial charge in [0.15, 0.2) is 6.10 Å². The Kier molecular flexibility index (Phi) is 11.2. The molecule has 254 valence electrons. The van der Waals surface area contributed by atoms with E-state index in [-0.39, 0.29) is 34.6 Å². The Morgan fingerprint density at radius 1 is 0.917 bits per heavy atom. The van der Waals surface area contributed by atoms with Crippen molar-refractivity contribution < 1.29 is 41.1 Å². The van der Waals surface area contributed by atoms with Gasteiger partial charge >= 0.3 is 6.18 Å². The molecule has 0 spiro atoms. The van der Waals surface area contributed by atoms with Gasteiger partial charge in [0.05, 0.1) is 24.0 Å². The highest BCUT2D eigenvalue weighted by Gasteiger charge is 2.36. The van der Waals surface area contributed by atoms with Gasteiger partial charge in [0.2, 0.25) is 20.2 Å². The molecular weight excluding hydrogens is 674 g/mol. The van der Waals surface area contributed by atoms with Crippen LogP contribution in [0.2, 0.25) is 0 Å². The number of nitrogens with one attached hydrogen (secondary N) is 3. The predicted octanol–water partition coefficient (Wildman–Crippen LogP) is 3.78. The number of aliphatic hydroxyl groups excluding tert-OH is 1. The van der Waals surface area contributed by atoms with Gasteiger partial charge in [0, 0.05) is 18.2 Å². The number of sulfonamides is 1. The Hall–Kier alpha value is -4.87. The predicted molar refractivity (Wildman–Crippen MR) is 173 cm³/mol. The molecule has 1 heterocycles. The number of nitrogens with zero attached hydrogens (tertiary/aromatic N) is 3. The van der Waals surface area contributed by atoms with Crippen LogP contribution in [0.25, 0.3) is 0 Å². The zero-order valence-corrected chi connectivity index (χ0v) is 27.4. The van der Waals surface area contributed by atoms with Gasteiger partial charge in [-0.05, 0) is 42.7 Å². The van der Waals surface area contributed by atoms with E-state index in [4.69, 9.17) is 0 Å². The second kappa shape index (κ2) is 14.9. The maximum Gasteiger partial charge on any atom is 0.445 e. The molecule has 0 bridgehead atoms. The summed E-state index contributed by atoms with van der Waals surface area (Å²) in [6.45, 7) is 1.75. The molecule has 0 saturated heterocycles. The standard InChI is InChI=1S/C31H31F3N6O6S2/c1-18(20-12-8-5-9-13-20)35-26(42)21-15-22(17-23(16-21)40(2)48(3,45)46)27(43)36-24(14-19-10-6-4-7-11-19)25(41)28(44)37-30-39-38-29(47-30)31(32,33)34/h4-13,15-18,24-25,41H,14H2,1-3H3,(H,35,42)(H,36,43)(H,37,39,44)/t18-,24+,25-/m1/s1. The monoisotopic (exact) mass is 704 g/mol. The summed E-state index contributed by atoms with van der Waals surface area (Å²) in [6.07, 6.45) is -5.95. The Morgan fingerprint density at radius 3 is 2.02 bits per heavy atom. The molecule has 1 aromatic heterocycles. The van der Waals surface area contributed by atoms with Gasteiger partial charge in [-0.2, -0.15) is 13.2 Å². The van der Waals surface area contributed by atoms with Crippen molar-refractivity contribution in [3.05, 3.63) is 106 Å². The Balaban J connectivity index is 1.64. The smallest absolute Gasteiger partial charge is 0.381 e. The Labute approximate surface area is 278 Å². The van der Waals surface area contributed by atoms with Crippen LogP contribution in [-0.4, -0.2) is 66.9 Å². The summed E-state index contributed by atoms with van der Waals surface area (Å²) in [5.74, 6) is -2.66. The minimum absolute atomic E-state index is 0.0164. The molecule has 0 radical (unpaired) electrons. The quantitative estimate of drug-likeness (QED) is 0.173. The van der Waals surface area contributed by atoms with E-state index < -0.39 is 62.2 Å². The van der Waals surface area contributed by atoms with E-state index in [1.165, 1.54) is 25.2 Å². The molecule has 3 aromatic carbocycles. The number of aliphatic hydroxyl groups is 1. The van der Waals surface area contributed by atoms with E-state index in [0.29, 0.717) is 5.56 Å². The molecule has 0 saturated carbocycles. The third-order valence-electron chi connectivity index (χ3n) is 7.11. The number of hydrogen-bond donors (Lipinski definition) is 4. The second-order valence-corrected chi connectivity index (χ2v) is 13.7. The summed E-state index contributed by atoms with van der Waals surface area (Å²) >= 11 is 0.0558. The first-order valence-electron chi connectivity index (χ1n) is 14.2. The van der Waals surface area contributed by atoms with Crippen molar-refractivity contribution in [2.24, 2.45) is 0 Å². The highest BCUT2D eigenvalue weighted by Crippen LogP contribution is 2.33. The number of anilines is 2. The number of carbonyl (C=O) groups excluding carboxylic acids is 3. The molecule has 12 nitrogen and oxygen atoms in total. The minimum Gasteiger partial charge on any atom is -0.381 e. The van der Waals surface area contributed by atoms with E-state index >= 15 is 0 Å². The van der Waals surface area contributed by atoms with E-state index in [1.54, 1.807) is 49.4 Å². The molecule has 3 atom stereocenters. The molecule has 4 rings (SSSR count). The normalized spacial score (nSPS) is 13.6. The molecule has 0 unspecified atom stereocenters. The van der Waals surface area contributed by atoms with Gasteiger partial charge < -0.3 is 15.7 Å². The summed E-state index contributed by atoms with van der Waals surface area (Å²) < 4.78 is 64.6. The number of hydrogen-bond acceptors (Lipinski definition) is 9. The summed E-state index contributed by atoms with van der Waals surface area (Å²) in [7, 11) is -2.60. The van der Waals surface area contributed by atoms with Crippen LogP contribution >= 0.6 is 11.3 Å². The molecule has 0 aliphatic carbocycles. The topological polar surface area (TPSA) is 171 Å². The zero-order valence-electron chi connectivity index (χ0n) is 25.7. The van der Waals surface area contributed by atoms with Crippen LogP contribution in [0.1, 0.15) is 49.8 Å². The van der Waals surface area contributed by atoms with Crippen molar-refractivity contribution in [3.63, 3.8) is 0 Å². The van der Waals surface area contributed by atoms with E-state index in [0.717, 1.165) is 16.1 Å². The summed E-state index contributed by atoms with van der Waals surface area (Å²) in [4.78, 5) is 40.0. The number of aromatic nitrogens is 2. The van der Waals surface area contributed by atoms with Gasteiger partial charge in [-0.1, -0.05) is 72.0 Å². The average molecular weight is 705 g/mol. The van der Waals surface area contributed by atoms with Crippen LogP contribution in [0.15, 0.2) is 78.9 Å². The van der Waals surface area contributed by atoms with E-state index in [2.05, 4.69) is 26.1 Å². The molecule has 4 aromatic rings. The van der Waals surface area contributed by atoms with Crippen molar-refractivity contribution in [2.45, 2.75) is 37.7 Å². The lowest BCUT2D eigenvalue weighted by Gasteiger charge is -2.24. The number of amides is 3. The third-order valence-corrected chi connectivity index (χ3v) is 9.20. The summed E-state index contributed by atoms with van der Waals surface area (Å²) in [5, 5.41) is 22.9. The first kappa shape index (κ1) is 36.0. The molecule has 48 heavy (non-hydrogen) atoms. The van der Waals surface area contributed by atoms with Crippen LogP contribution in [0.4, 0.5) is 24.0 Å². The molecule has 0 fully saturated rings. The number of alkyl halides is 3. The molecule has 4 N–H and O–H groups in total. The van der Waals surface area contributed by atoms with Gasteiger partial charge in [-0.25, -0.2) is 8.42 Å². The van der Waals surface area contributed by atoms with Gasteiger partial charge in [0.25, 0.3) is 17.7 Å². The molecule has 0 aliphatic rings. The fourth-order valence-electron chi connectivity index (χ4n) is 4.46. The highest BCUT2D eigenvalue weighted by atomic mass is 32.2. The lowest BCUT2D eigenvalue weighted by Crippen LogP contribution is -2.50. The SMILES string of the molecule is C[C@@H](NC(=O)c1cc(C(=O)N[C@@H](Cc2ccccc2)[C@@H](O)C(=O)Nc2nnc(C(F)(F)F)s2)cc(N(C)S(C)(=O)=O)c1)c1ccccc1. The molecule has 3 amide bonds. The van der Waals surface area contributed by atoms with E-state index in [9.17, 15) is 41.1 Å². The zero-order chi connectivity index (χ0) is 35.2. The molecule has 17 heteroatoms. The molecular formula is C31H31F3N6O6S2. The van der Waals surface area contributed by atoms with Crippen molar-refractivity contribution in [3.8, 4) is 0 Å². The van der Waals surface area contributed by atoms with Gasteiger partial charge in [-0.3, -0.25) is 24.0 Å². The first-order chi connectivity index (χ1) is 22.5. The summed E-state index contributed by atoms with van der Waals surface area (Å²) in [5.41, 5.74) is 1.14. The number of rotatable bonds is 12. The second-order valence-electron chi connectivity index (χ2n) is 10.7. The average Bonchev–Trinajstić information content (AvgIpc) is 3.53. The number of carbonyl (C=O) groups is 3. The van der Waals surface area contributed by atoms with Crippen molar-refractivity contribution in [2.75, 3.05) is 22.9 Å².